The minimum Gasteiger partial charge on any atom is -0.393 e. The van der Waals surface area contributed by atoms with Crippen molar-refractivity contribution in [3.63, 3.8) is 0 Å². The van der Waals surface area contributed by atoms with E-state index in [2.05, 4.69) is 6.92 Å². The molecule has 0 spiro atoms. The number of allylic oxidation sites excluding steroid dienone is 2. The molecule has 0 aromatic heterocycles. The molecular formula is C34H47NO6. The van der Waals surface area contributed by atoms with Gasteiger partial charge >= 0.3 is 0 Å². The van der Waals surface area contributed by atoms with Gasteiger partial charge in [-0.15, -0.1) is 0 Å². The third-order valence-corrected chi connectivity index (χ3v) is 11.0. The van der Waals surface area contributed by atoms with Crippen molar-refractivity contribution in [1.82, 2.24) is 0 Å². The zero-order chi connectivity index (χ0) is 30.2. The first-order chi connectivity index (χ1) is 19.4. The molecular weight excluding hydrogens is 518 g/mol. The summed E-state index contributed by atoms with van der Waals surface area (Å²) >= 11 is 0. The minimum absolute atomic E-state index is 0.0364. The van der Waals surface area contributed by atoms with E-state index in [0.717, 1.165) is 36.9 Å². The smallest absolute Gasteiger partial charge is 0.250 e. The molecule has 0 bridgehead atoms. The Labute approximate surface area is 244 Å². The minimum atomic E-state index is -1.54. The molecule has 7 nitrogen and oxygen atoms in total. The Morgan fingerprint density at radius 3 is 2.46 bits per heavy atom. The number of carbonyl (C=O) groups is 3. The van der Waals surface area contributed by atoms with E-state index in [-0.39, 0.29) is 34.9 Å². The predicted molar refractivity (Wildman–Crippen MR) is 159 cm³/mol. The van der Waals surface area contributed by atoms with E-state index in [1.165, 1.54) is 5.57 Å². The van der Waals surface area contributed by atoms with Crippen LogP contribution in [0.1, 0.15) is 78.2 Å². The van der Waals surface area contributed by atoms with Gasteiger partial charge in [0.25, 0.3) is 5.91 Å². The van der Waals surface area contributed by atoms with E-state index < -0.39 is 29.5 Å². The van der Waals surface area contributed by atoms with E-state index >= 15 is 0 Å². The number of carbonyl (C=O) groups excluding carboxylic acids is 3. The lowest BCUT2D eigenvalue weighted by Crippen LogP contribution is -2.62. The first kappa shape index (κ1) is 31.3. The summed E-state index contributed by atoms with van der Waals surface area (Å²) in [6.07, 6.45) is 9.10. The number of anilines is 1. The van der Waals surface area contributed by atoms with Crippen molar-refractivity contribution in [1.29, 1.82) is 0 Å². The number of nitrogens with zero attached hydrogens (tertiary/aromatic N) is 1. The molecule has 41 heavy (non-hydrogen) atoms. The molecule has 3 N–H and O–H groups in total. The molecule has 0 radical (unpaired) electrons. The summed E-state index contributed by atoms with van der Waals surface area (Å²) in [5.41, 5.74) is 0.879. The van der Waals surface area contributed by atoms with Crippen molar-refractivity contribution < 1.29 is 29.7 Å². The van der Waals surface area contributed by atoms with Crippen LogP contribution in [0.4, 0.5) is 5.69 Å². The quantitative estimate of drug-likeness (QED) is 0.446. The molecule has 1 aromatic carbocycles. The first-order valence-corrected chi connectivity index (χ1v) is 15.2. The van der Waals surface area contributed by atoms with Crippen LogP contribution in [0.25, 0.3) is 0 Å². The largest absolute Gasteiger partial charge is 0.393 e. The van der Waals surface area contributed by atoms with Crippen molar-refractivity contribution in [2.24, 2.45) is 28.6 Å². The number of aliphatic hydroxyl groups is 3. The van der Waals surface area contributed by atoms with Crippen molar-refractivity contribution in [3.05, 3.63) is 53.6 Å². The zero-order valence-electron chi connectivity index (χ0n) is 25.2. The van der Waals surface area contributed by atoms with Gasteiger partial charge in [0.15, 0.2) is 11.6 Å². The second-order valence-electron chi connectivity index (χ2n) is 12.9. The molecule has 1 amide bonds. The molecule has 4 aliphatic carbocycles. The maximum Gasteiger partial charge on any atom is 0.250 e. The Morgan fingerprint density at radius 2 is 1.83 bits per heavy atom. The summed E-state index contributed by atoms with van der Waals surface area (Å²) in [7, 11) is 0. The highest BCUT2D eigenvalue weighted by Crippen LogP contribution is 2.67. The van der Waals surface area contributed by atoms with E-state index in [9.17, 15) is 29.7 Å². The number of fused-ring (bicyclic) bond motifs is 5. The van der Waals surface area contributed by atoms with Gasteiger partial charge in [-0.25, -0.2) is 0 Å². The number of rotatable bonds is 5. The predicted octanol–water partition coefficient (Wildman–Crippen LogP) is 4.71. The van der Waals surface area contributed by atoms with Crippen LogP contribution < -0.4 is 4.90 Å². The van der Waals surface area contributed by atoms with E-state index in [1.54, 1.807) is 23.1 Å². The van der Waals surface area contributed by atoms with Gasteiger partial charge in [-0.2, -0.15) is 0 Å². The van der Waals surface area contributed by atoms with Crippen LogP contribution in [0.15, 0.2) is 48.1 Å². The zero-order valence-corrected chi connectivity index (χ0v) is 25.2. The van der Waals surface area contributed by atoms with Gasteiger partial charge in [-0.05, 0) is 106 Å². The molecule has 4 aliphatic rings. The van der Waals surface area contributed by atoms with Crippen LogP contribution in [0, 0.1) is 35.5 Å². The van der Waals surface area contributed by atoms with Crippen molar-refractivity contribution >= 4 is 23.2 Å². The second-order valence-corrected chi connectivity index (χ2v) is 12.9. The van der Waals surface area contributed by atoms with Gasteiger partial charge in [0.2, 0.25) is 0 Å². The Morgan fingerprint density at radius 1 is 1.12 bits per heavy atom. The standard InChI is InChI=1S/C21H30O5.C13H17NO/c1-19-7-5-13(23)9-12(19)3-4-14-15-6-8-21(26,17(25)11-22)20(15,2)10-16(24)18(14)19;1-4-8-13(15)14(5-2)12-10-7-6-9-11(12)3/h9,14-16,18,22,24,26H,3-8,10-11H2,1-2H3;4,6-10H,5H2,1-3H3/b;8-4+/t14-,15-,16-,18+,19-,20-,21-;/m0./s1. The van der Waals surface area contributed by atoms with Crippen molar-refractivity contribution in [3.8, 4) is 0 Å². The lowest BCUT2D eigenvalue weighted by Gasteiger charge is -2.60. The average molecular weight is 566 g/mol. The number of benzene rings is 1. The van der Waals surface area contributed by atoms with Gasteiger partial charge in [-0.3, -0.25) is 14.4 Å². The molecule has 0 unspecified atom stereocenters. The molecule has 0 saturated heterocycles. The van der Waals surface area contributed by atoms with Crippen molar-refractivity contribution in [2.75, 3.05) is 18.1 Å². The Bertz CT molecular complexity index is 1240. The van der Waals surface area contributed by atoms with Gasteiger partial charge in [0, 0.05) is 24.1 Å². The molecule has 3 fully saturated rings. The molecule has 7 heteroatoms. The molecule has 7 atom stereocenters. The highest BCUT2D eigenvalue weighted by molar-refractivity contribution is 6.01. The number of amides is 1. The molecule has 0 aliphatic heterocycles. The number of ketones is 2. The summed E-state index contributed by atoms with van der Waals surface area (Å²) in [5.74, 6) is 0.176. The van der Waals surface area contributed by atoms with Gasteiger partial charge in [0.1, 0.15) is 12.2 Å². The van der Waals surface area contributed by atoms with E-state index in [1.807, 2.05) is 52.0 Å². The fraction of sp³-hybridized carbons (Fsp3) is 0.618. The average Bonchev–Trinajstić information content (AvgIpc) is 3.21. The monoisotopic (exact) mass is 565 g/mol. The Balaban J connectivity index is 0.000000221. The Hall–Kier alpha value is -2.61. The lowest BCUT2D eigenvalue weighted by atomic mass is 9.45. The van der Waals surface area contributed by atoms with Crippen LogP contribution in [0.3, 0.4) is 0 Å². The fourth-order valence-electron chi connectivity index (χ4n) is 8.82. The normalized spacial score (nSPS) is 35.9. The fourth-order valence-corrected chi connectivity index (χ4v) is 8.82. The van der Waals surface area contributed by atoms with Crippen LogP contribution in [-0.4, -0.2) is 57.6 Å². The topological polar surface area (TPSA) is 115 Å². The third kappa shape index (κ3) is 5.26. The van der Waals surface area contributed by atoms with Gasteiger partial charge in [-0.1, -0.05) is 43.7 Å². The van der Waals surface area contributed by atoms with Crippen LogP contribution in [-0.2, 0) is 14.4 Å². The van der Waals surface area contributed by atoms with Crippen molar-refractivity contribution in [2.45, 2.75) is 91.3 Å². The van der Waals surface area contributed by atoms with Gasteiger partial charge in [0.05, 0.1) is 6.10 Å². The SMILES string of the molecule is C/C=C/C(=O)N(CC)c1ccccc1C.C[C@]12CCC(=O)C=C1CC[C@@H]1[C@@H]2[C@@H](O)C[C@@]2(C)[C@H]1CC[C@]2(O)C(=O)CO. The number of para-hydroxylation sites is 1. The summed E-state index contributed by atoms with van der Waals surface area (Å²) in [4.78, 5) is 37.8. The molecule has 3 saturated carbocycles. The number of Topliss-reactive ketones (excluding diaryl/α,β-unsaturated/α-hetero) is 1. The summed E-state index contributed by atoms with van der Waals surface area (Å²) in [6, 6.07) is 7.92. The number of aryl methyl sites for hydroxylation is 1. The lowest BCUT2D eigenvalue weighted by molar-refractivity contribution is -0.182. The van der Waals surface area contributed by atoms with Crippen LogP contribution in [0.2, 0.25) is 0 Å². The Kier molecular flexibility index (Phi) is 9.13. The third-order valence-electron chi connectivity index (χ3n) is 11.0. The maximum absolute atomic E-state index is 12.4. The second kappa shape index (κ2) is 11.9. The number of likely N-dealkylation sites (N-methyl/N-ethyl adjacent to an activating group) is 1. The molecule has 224 valence electrons. The molecule has 1 aromatic rings. The van der Waals surface area contributed by atoms with E-state index in [4.69, 9.17) is 0 Å². The highest BCUT2D eigenvalue weighted by atomic mass is 16.3. The number of hydrogen-bond acceptors (Lipinski definition) is 6. The maximum atomic E-state index is 12.4. The number of hydrogen-bond donors (Lipinski definition) is 3. The summed E-state index contributed by atoms with van der Waals surface area (Å²) in [5, 5.41) is 31.7. The summed E-state index contributed by atoms with van der Waals surface area (Å²) < 4.78 is 0. The van der Waals surface area contributed by atoms with E-state index in [0.29, 0.717) is 25.8 Å². The first-order valence-electron chi connectivity index (χ1n) is 15.2. The number of aliphatic hydroxyl groups excluding tert-OH is 2. The highest BCUT2D eigenvalue weighted by Gasteiger charge is 2.68. The van der Waals surface area contributed by atoms with Crippen LogP contribution >= 0.6 is 0 Å². The summed E-state index contributed by atoms with van der Waals surface area (Å²) in [6.45, 7) is 9.99. The van der Waals surface area contributed by atoms with Gasteiger partial charge < -0.3 is 20.2 Å². The molecule has 0 heterocycles. The van der Waals surface area contributed by atoms with Crippen LogP contribution in [0.5, 0.6) is 0 Å². The molecule has 5 rings (SSSR count).